The molecule has 9 heteroatoms. The summed E-state index contributed by atoms with van der Waals surface area (Å²) in [6.45, 7) is 3.52. The van der Waals surface area contributed by atoms with Crippen molar-refractivity contribution in [1.82, 2.24) is 35.5 Å². The fraction of sp³-hybridized carbons (Fsp3) is 0.111. The van der Waals surface area contributed by atoms with E-state index in [1.807, 2.05) is 19.1 Å². The number of aromatic nitrogens is 6. The highest BCUT2D eigenvalue weighted by molar-refractivity contribution is 5.97. The maximum atomic E-state index is 15.1. The van der Waals surface area contributed by atoms with Gasteiger partial charge in [0, 0.05) is 53.3 Å². The number of hydrogen-bond donors (Lipinski definition) is 3. The summed E-state index contributed by atoms with van der Waals surface area (Å²) in [4.78, 5) is 16.8. The molecule has 0 radical (unpaired) electrons. The van der Waals surface area contributed by atoms with E-state index < -0.39 is 0 Å². The zero-order valence-electron chi connectivity index (χ0n) is 19.3. The summed E-state index contributed by atoms with van der Waals surface area (Å²) in [5, 5.41) is 11.3. The number of fused-ring (bicyclic) bond motifs is 2. The van der Waals surface area contributed by atoms with Crippen LogP contribution in [-0.2, 0) is 6.54 Å². The number of nitrogens with zero attached hydrogens (tertiary/aromatic N) is 4. The number of pyridine rings is 2. The number of rotatable bonds is 6. The van der Waals surface area contributed by atoms with Gasteiger partial charge in [-0.3, -0.25) is 15.1 Å². The molecule has 0 aliphatic rings. The number of nitrogens with one attached hydrogen (secondary N) is 3. The molecular formula is C27H21F2N7. The minimum absolute atomic E-state index is 0.318. The van der Waals surface area contributed by atoms with E-state index >= 15 is 4.39 Å². The van der Waals surface area contributed by atoms with Crippen LogP contribution in [0.5, 0.6) is 0 Å². The first kappa shape index (κ1) is 22.0. The molecule has 36 heavy (non-hydrogen) atoms. The second-order valence-electron chi connectivity index (χ2n) is 8.46. The van der Waals surface area contributed by atoms with Crippen LogP contribution in [0.15, 0.2) is 67.1 Å². The third-order valence-electron chi connectivity index (χ3n) is 6.08. The van der Waals surface area contributed by atoms with Crippen LogP contribution >= 0.6 is 0 Å². The molecule has 0 amide bonds. The fourth-order valence-corrected chi connectivity index (χ4v) is 4.31. The average Bonchev–Trinajstić information content (AvgIpc) is 3.51. The topological polar surface area (TPSA) is 95.2 Å². The van der Waals surface area contributed by atoms with Gasteiger partial charge in [0.1, 0.15) is 22.8 Å². The zero-order chi connectivity index (χ0) is 24.6. The molecule has 0 saturated carbocycles. The standard InChI is InChI=1S/C27H21F2N7/c1-2-30-12-15-9-17(14-31-13-15)19-10-20-23(11-21(19)29)35-36-25(20)27-33-22-7-8-32-24(26(22)34-27)16-3-5-18(28)6-4-16/h3-11,13-14,30H,2,12H2,1H3,(H,33,34)(H,35,36). The SMILES string of the molecule is CCNCc1cncc(-c2cc3c(-c4nc5c(-c6ccc(F)cc6)nccc5[nH]4)n[nH]c3cc2F)c1. The predicted octanol–water partition coefficient (Wildman–Crippen LogP) is 5.62. The molecule has 0 aliphatic carbocycles. The van der Waals surface area contributed by atoms with E-state index in [1.165, 1.54) is 18.2 Å². The Morgan fingerprint density at radius 3 is 2.61 bits per heavy atom. The van der Waals surface area contributed by atoms with Gasteiger partial charge in [-0.2, -0.15) is 5.10 Å². The minimum atomic E-state index is -0.368. The van der Waals surface area contributed by atoms with E-state index in [4.69, 9.17) is 4.98 Å². The van der Waals surface area contributed by atoms with Gasteiger partial charge in [0.15, 0.2) is 5.82 Å². The van der Waals surface area contributed by atoms with Crippen molar-refractivity contribution in [2.45, 2.75) is 13.5 Å². The number of aromatic amines is 2. The second kappa shape index (κ2) is 8.94. The quantitative estimate of drug-likeness (QED) is 0.287. The van der Waals surface area contributed by atoms with E-state index in [0.717, 1.165) is 28.6 Å². The van der Waals surface area contributed by atoms with Crippen molar-refractivity contribution in [1.29, 1.82) is 0 Å². The second-order valence-corrected chi connectivity index (χ2v) is 8.46. The van der Waals surface area contributed by atoms with Gasteiger partial charge in [-0.1, -0.05) is 6.92 Å². The van der Waals surface area contributed by atoms with Crippen molar-refractivity contribution in [3.63, 3.8) is 0 Å². The highest BCUT2D eigenvalue weighted by atomic mass is 19.1. The normalized spacial score (nSPS) is 11.5. The molecule has 0 bridgehead atoms. The summed E-state index contributed by atoms with van der Waals surface area (Å²) >= 11 is 0. The van der Waals surface area contributed by atoms with Crippen LogP contribution in [0.3, 0.4) is 0 Å². The molecule has 178 valence electrons. The lowest BCUT2D eigenvalue weighted by Gasteiger charge is -2.07. The van der Waals surface area contributed by atoms with Crippen LogP contribution in [0.4, 0.5) is 8.78 Å². The van der Waals surface area contributed by atoms with E-state index in [1.54, 1.807) is 36.8 Å². The number of benzene rings is 2. The van der Waals surface area contributed by atoms with Crippen LogP contribution < -0.4 is 5.32 Å². The Balaban J connectivity index is 1.46. The lowest BCUT2D eigenvalue weighted by atomic mass is 10.0. The van der Waals surface area contributed by atoms with Crippen LogP contribution in [0.2, 0.25) is 0 Å². The number of hydrogen-bond acceptors (Lipinski definition) is 5. The van der Waals surface area contributed by atoms with Crippen LogP contribution in [0, 0.1) is 11.6 Å². The van der Waals surface area contributed by atoms with Crippen molar-refractivity contribution in [2.24, 2.45) is 0 Å². The monoisotopic (exact) mass is 481 g/mol. The molecule has 0 aliphatic heterocycles. The van der Waals surface area contributed by atoms with Crippen molar-refractivity contribution < 1.29 is 8.78 Å². The molecule has 0 saturated heterocycles. The van der Waals surface area contributed by atoms with Gasteiger partial charge in [0.05, 0.1) is 16.7 Å². The van der Waals surface area contributed by atoms with Crippen molar-refractivity contribution in [2.75, 3.05) is 6.54 Å². The van der Waals surface area contributed by atoms with Gasteiger partial charge in [-0.05, 0) is 54.6 Å². The zero-order valence-corrected chi connectivity index (χ0v) is 19.3. The van der Waals surface area contributed by atoms with E-state index in [0.29, 0.717) is 45.9 Å². The van der Waals surface area contributed by atoms with Crippen LogP contribution in [0.1, 0.15) is 12.5 Å². The third kappa shape index (κ3) is 3.89. The molecule has 6 rings (SSSR count). The maximum Gasteiger partial charge on any atom is 0.159 e. The predicted molar refractivity (Wildman–Crippen MR) is 135 cm³/mol. The molecule has 7 nitrogen and oxygen atoms in total. The lowest BCUT2D eigenvalue weighted by Crippen LogP contribution is -2.11. The Kier molecular flexibility index (Phi) is 5.46. The van der Waals surface area contributed by atoms with E-state index in [2.05, 4.69) is 30.5 Å². The molecule has 3 N–H and O–H groups in total. The van der Waals surface area contributed by atoms with Crippen LogP contribution in [0.25, 0.3) is 55.8 Å². The Bertz CT molecular complexity index is 1700. The Morgan fingerprint density at radius 2 is 1.78 bits per heavy atom. The molecule has 0 atom stereocenters. The molecule has 0 fully saturated rings. The molecule has 2 aromatic carbocycles. The number of halogens is 2. The molecular weight excluding hydrogens is 460 g/mol. The van der Waals surface area contributed by atoms with Crippen molar-refractivity contribution >= 4 is 21.9 Å². The maximum absolute atomic E-state index is 15.1. The average molecular weight is 482 g/mol. The van der Waals surface area contributed by atoms with Gasteiger partial charge in [-0.25, -0.2) is 13.8 Å². The first-order valence-corrected chi connectivity index (χ1v) is 11.5. The Labute approximate surface area is 204 Å². The van der Waals surface area contributed by atoms with Crippen LogP contribution in [-0.4, -0.2) is 36.7 Å². The smallest absolute Gasteiger partial charge is 0.159 e. The summed E-state index contributed by atoms with van der Waals surface area (Å²) in [7, 11) is 0. The van der Waals surface area contributed by atoms with Gasteiger partial charge >= 0.3 is 0 Å². The Hall–Kier alpha value is -4.50. The largest absolute Gasteiger partial charge is 0.336 e. The van der Waals surface area contributed by atoms with E-state index in [-0.39, 0.29) is 11.6 Å². The first-order valence-electron chi connectivity index (χ1n) is 11.5. The molecule has 4 heterocycles. The molecule has 6 aromatic rings. The summed E-state index contributed by atoms with van der Waals surface area (Å²) in [6, 6.07) is 13.1. The Morgan fingerprint density at radius 1 is 0.917 bits per heavy atom. The van der Waals surface area contributed by atoms with Gasteiger partial charge < -0.3 is 10.3 Å². The summed E-state index contributed by atoms with van der Waals surface area (Å²) in [5.41, 5.74) is 5.98. The third-order valence-corrected chi connectivity index (χ3v) is 6.08. The highest BCUT2D eigenvalue weighted by Crippen LogP contribution is 2.33. The molecule has 0 unspecified atom stereocenters. The molecule has 0 spiro atoms. The van der Waals surface area contributed by atoms with Gasteiger partial charge in [0.2, 0.25) is 0 Å². The minimum Gasteiger partial charge on any atom is -0.336 e. The van der Waals surface area contributed by atoms with E-state index in [9.17, 15) is 4.39 Å². The summed E-state index contributed by atoms with van der Waals surface area (Å²) in [5.74, 6) is -0.168. The summed E-state index contributed by atoms with van der Waals surface area (Å²) < 4.78 is 28.5. The summed E-state index contributed by atoms with van der Waals surface area (Å²) in [6.07, 6.45) is 5.10. The van der Waals surface area contributed by atoms with Crippen molar-refractivity contribution in [3.8, 4) is 33.9 Å². The molecule has 4 aromatic heterocycles. The van der Waals surface area contributed by atoms with Gasteiger partial charge in [0.25, 0.3) is 0 Å². The van der Waals surface area contributed by atoms with Gasteiger partial charge in [-0.15, -0.1) is 0 Å². The fourth-order valence-electron chi connectivity index (χ4n) is 4.31. The lowest BCUT2D eigenvalue weighted by molar-refractivity contribution is 0.628. The number of H-pyrrole nitrogens is 2. The highest BCUT2D eigenvalue weighted by Gasteiger charge is 2.18. The number of imidazole rings is 1. The first-order chi connectivity index (χ1) is 17.6. The van der Waals surface area contributed by atoms with Crippen molar-refractivity contribution in [3.05, 3.63) is 84.3 Å².